The van der Waals surface area contributed by atoms with Crippen molar-refractivity contribution in [3.63, 3.8) is 0 Å². The van der Waals surface area contributed by atoms with Gasteiger partial charge in [-0.1, -0.05) is 0 Å². The number of aromatic hydroxyl groups is 1. The molecule has 6 heteroatoms. The predicted molar refractivity (Wildman–Crippen MR) is 47.5 cm³/mol. The van der Waals surface area contributed by atoms with Crippen LogP contribution in [0.2, 0.25) is 0 Å². The van der Waals surface area contributed by atoms with Crippen LogP contribution in [0.3, 0.4) is 0 Å². The van der Waals surface area contributed by atoms with Crippen molar-refractivity contribution in [3.8, 4) is 6.01 Å². The molecule has 2 aromatic rings. The number of aromatic nitrogens is 3. The fraction of sp³-hybridized carbons (Fsp3) is 0. The summed E-state index contributed by atoms with van der Waals surface area (Å²) in [5.74, 6) is -0.615. The van der Waals surface area contributed by atoms with Gasteiger partial charge in [0, 0.05) is 6.20 Å². The zero-order chi connectivity index (χ0) is 10.1. The summed E-state index contributed by atoms with van der Waals surface area (Å²) in [5.41, 5.74) is 6.01. The van der Waals surface area contributed by atoms with Crippen LogP contribution < -0.4 is 5.73 Å². The minimum Gasteiger partial charge on any atom is -0.479 e. The van der Waals surface area contributed by atoms with E-state index in [2.05, 4.69) is 15.0 Å². The molecule has 0 aliphatic heterocycles. The van der Waals surface area contributed by atoms with Crippen LogP contribution in [0.25, 0.3) is 11.0 Å². The van der Waals surface area contributed by atoms with Crippen LogP contribution in [0.15, 0.2) is 18.5 Å². The van der Waals surface area contributed by atoms with E-state index in [0.717, 1.165) is 0 Å². The number of carbonyl (C=O) groups excluding carboxylic acids is 1. The summed E-state index contributed by atoms with van der Waals surface area (Å²) >= 11 is 0. The van der Waals surface area contributed by atoms with E-state index in [1.807, 2.05) is 0 Å². The largest absolute Gasteiger partial charge is 0.479 e. The van der Waals surface area contributed by atoms with E-state index in [1.165, 1.54) is 18.5 Å². The molecule has 0 aromatic carbocycles. The highest BCUT2D eigenvalue weighted by Gasteiger charge is 2.09. The van der Waals surface area contributed by atoms with E-state index in [0.29, 0.717) is 5.52 Å². The normalized spacial score (nSPS) is 10.3. The predicted octanol–water partition coefficient (Wildman–Crippen LogP) is -0.171. The van der Waals surface area contributed by atoms with Gasteiger partial charge in [0.05, 0.1) is 11.8 Å². The standard InChI is InChI=1S/C8H6N4O2/c9-7(13)4-1-2-10-5-3-11-8(14)12-6(4)5/h1-3H,(H2,9,13)(H,11,12,14). The Morgan fingerprint density at radius 3 is 2.93 bits per heavy atom. The number of carbonyl (C=O) groups is 1. The van der Waals surface area contributed by atoms with Crippen LogP contribution in [0.4, 0.5) is 0 Å². The third kappa shape index (κ3) is 1.22. The van der Waals surface area contributed by atoms with Gasteiger partial charge in [0.2, 0.25) is 0 Å². The van der Waals surface area contributed by atoms with Crippen molar-refractivity contribution >= 4 is 16.9 Å². The summed E-state index contributed by atoms with van der Waals surface area (Å²) in [6.45, 7) is 0. The molecule has 70 valence electrons. The highest BCUT2D eigenvalue weighted by molar-refractivity contribution is 6.03. The molecule has 0 aliphatic rings. The average Bonchev–Trinajstić information content (AvgIpc) is 2.16. The fourth-order valence-corrected chi connectivity index (χ4v) is 1.13. The molecule has 0 saturated carbocycles. The number of nitrogens with zero attached hydrogens (tertiary/aromatic N) is 3. The zero-order valence-electron chi connectivity index (χ0n) is 7.01. The summed E-state index contributed by atoms with van der Waals surface area (Å²) in [6, 6.07) is 1.03. The summed E-state index contributed by atoms with van der Waals surface area (Å²) in [5, 5.41) is 9.03. The second-order valence-electron chi connectivity index (χ2n) is 2.63. The van der Waals surface area contributed by atoms with Crippen LogP contribution >= 0.6 is 0 Å². The van der Waals surface area contributed by atoms with Gasteiger partial charge in [-0.25, -0.2) is 4.98 Å². The first kappa shape index (κ1) is 8.36. The molecule has 0 saturated heterocycles. The molecule has 0 radical (unpaired) electrons. The molecule has 0 fully saturated rings. The van der Waals surface area contributed by atoms with Crippen LogP contribution in [0.5, 0.6) is 6.01 Å². The Kier molecular flexibility index (Phi) is 1.74. The van der Waals surface area contributed by atoms with Gasteiger partial charge in [0.1, 0.15) is 11.0 Å². The molecule has 0 atom stereocenters. The Bertz CT molecular complexity index is 512. The number of nitrogens with two attached hydrogens (primary N) is 1. The van der Waals surface area contributed by atoms with Crippen LogP contribution in [-0.4, -0.2) is 26.0 Å². The van der Waals surface area contributed by atoms with Crippen LogP contribution in [0.1, 0.15) is 10.4 Å². The smallest absolute Gasteiger partial charge is 0.314 e. The molecule has 3 N–H and O–H groups in total. The highest BCUT2D eigenvalue weighted by atomic mass is 16.3. The third-order valence-corrected chi connectivity index (χ3v) is 1.73. The first-order valence-electron chi connectivity index (χ1n) is 3.79. The summed E-state index contributed by atoms with van der Waals surface area (Å²) in [7, 11) is 0. The number of rotatable bonds is 1. The summed E-state index contributed by atoms with van der Waals surface area (Å²) in [4.78, 5) is 22.1. The SMILES string of the molecule is NC(=O)c1ccnc2cnc(O)nc12. The van der Waals surface area contributed by atoms with E-state index in [4.69, 9.17) is 10.8 Å². The van der Waals surface area contributed by atoms with Gasteiger partial charge >= 0.3 is 6.01 Å². The van der Waals surface area contributed by atoms with Crippen molar-refractivity contribution in [1.82, 2.24) is 15.0 Å². The number of hydrogen-bond acceptors (Lipinski definition) is 5. The average molecular weight is 190 g/mol. The molecule has 6 nitrogen and oxygen atoms in total. The lowest BCUT2D eigenvalue weighted by Crippen LogP contribution is -2.12. The second-order valence-corrected chi connectivity index (χ2v) is 2.63. The lowest BCUT2D eigenvalue weighted by molar-refractivity contribution is 0.100. The summed E-state index contributed by atoms with van der Waals surface area (Å²) in [6.07, 6.45) is 2.76. The molecule has 0 unspecified atom stereocenters. The molecular formula is C8H6N4O2. The van der Waals surface area contributed by atoms with Gasteiger partial charge in [0.15, 0.2) is 0 Å². The second kappa shape index (κ2) is 2.91. The molecule has 0 bridgehead atoms. The Morgan fingerprint density at radius 2 is 2.21 bits per heavy atom. The van der Waals surface area contributed by atoms with Crippen molar-refractivity contribution < 1.29 is 9.90 Å². The topological polar surface area (TPSA) is 102 Å². The first-order chi connectivity index (χ1) is 6.68. The van der Waals surface area contributed by atoms with Gasteiger partial charge in [-0.15, -0.1) is 0 Å². The Morgan fingerprint density at radius 1 is 1.43 bits per heavy atom. The molecule has 1 amide bonds. The molecule has 0 aliphatic carbocycles. The van der Waals surface area contributed by atoms with Crippen LogP contribution in [0, 0.1) is 0 Å². The number of fused-ring (bicyclic) bond motifs is 1. The molecule has 2 aromatic heterocycles. The van der Waals surface area contributed by atoms with Gasteiger partial charge in [-0.3, -0.25) is 9.78 Å². The maximum absolute atomic E-state index is 11.0. The van der Waals surface area contributed by atoms with E-state index < -0.39 is 11.9 Å². The molecule has 2 heterocycles. The van der Waals surface area contributed by atoms with E-state index in [1.54, 1.807) is 0 Å². The zero-order valence-corrected chi connectivity index (χ0v) is 7.01. The lowest BCUT2D eigenvalue weighted by Gasteiger charge is -2.00. The van der Waals surface area contributed by atoms with Gasteiger partial charge in [-0.05, 0) is 6.07 Å². The minimum atomic E-state index is -0.615. The van der Waals surface area contributed by atoms with E-state index in [-0.39, 0.29) is 11.1 Å². The van der Waals surface area contributed by atoms with Crippen molar-refractivity contribution in [2.24, 2.45) is 5.73 Å². The maximum Gasteiger partial charge on any atom is 0.314 e. The highest BCUT2D eigenvalue weighted by Crippen LogP contribution is 2.14. The lowest BCUT2D eigenvalue weighted by atomic mass is 10.2. The van der Waals surface area contributed by atoms with Gasteiger partial charge in [0.25, 0.3) is 5.91 Å². The maximum atomic E-state index is 11.0. The number of pyridine rings is 1. The van der Waals surface area contributed by atoms with Crippen molar-refractivity contribution in [2.75, 3.05) is 0 Å². The molecule has 2 rings (SSSR count). The minimum absolute atomic E-state index is 0.215. The number of amides is 1. The third-order valence-electron chi connectivity index (χ3n) is 1.73. The summed E-state index contributed by atoms with van der Waals surface area (Å²) < 4.78 is 0. The van der Waals surface area contributed by atoms with Gasteiger partial charge < -0.3 is 10.8 Å². The van der Waals surface area contributed by atoms with Crippen molar-refractivity contribution in [2.45, 2.75) is 0 Å². The Hall–Kier alpha value is -2.24. The first-order valence-corrected chi connectivity index (χ1v) is 3.79. The molecular weight excluding hydrogens is 184 g/mol. The van der Waals surface area contributed by atoms with Crippen molar-refractivity contribution in [3.05, 3.63) is 24.0 Å². The number of primary amides is 1. The van der Waals surface area contributed by atoms with Gasteiger partial charge in [-0.2, -0.15) is 4.98 Å². The van der Waals surface area contributed by atoms with Crippen LogP contribution in [-0.2, 0) is 0 Å². The Labute approximate surface area is 78.4 Å². The van der Waals surface area contributed by atoms with Crippen molar-refractivity contribution in [1.29, 1.82) is 0 Å². The number of hydrogen-bond donors (Lipinski definition) is 2. The van der Waals surface area contributed by atoms with E-state index >= 15 is 0 Å². The van der Waals surface area contributed by atoms with E-state index in [9.17, 15) is 4.79 Å². The monoisotopic (exact) mass is 190 g/mol. The quantitative estimate of drug-likeness (QED) is 0.649. The Balaban J connectivity index is 2.84. The molecule has 14 heavy (non-hydrogen) atoms. The molecule has 0 spiro atoms. The fourth-order valence-electron chi connectivity index (χ4n) is 1.13.